The average Bonchev–Trinajstić information content (AvgIpc) is 2.33. The summed E-state index contributed by atoms with van der Waals surface area (Å²) in [5.41, 5.74) is 7.86. The number of rotatable bonds is 7. The molecule has 1 heterocycles. The van der Waals surface area contributed by atoms with Gasteiger partial charge in [-0.25, -0.2) is 4.98 Å². The quantitative estimate of drug-likeness (QED) is 0.805. The van der Waals surface area contributed by atoms with Crippen molar-refractivity contribution in [3.05, 3.63) is 23.4 Å². The van der Waals surface area contributed by atoms with E-state index in [1.54, 1.807) is 7.11 Å². The van der Waals surface area contributed by atoms with Gasteiger partial charge in [0.15, 0.2) is 0 Å². The number of pyridine rings is 1. The summed E-state index contributed by atoms with van der Waals surface area (Å²) in [6.45, 7) is 9.51. The molecule has 0 aromatic carbocycles. The molecule has 0 fully saturated rings. The van der Waals surface area contributed by atoms with Gasteiger partial charge in [-0.1, -0.05) is 13.8 Å². The van der Waals surface area contributed by atoms with E-state index < -0.39 is 0 Å². The van der Waals surface area contributed by atoms with Crippen LogP contribution in [-0.4, -0.2) is 31.8 Å². The van der Waals surface area contributed by atoms with Gasteiger partial charge < -0.3 is 15.4 Å². The van der Waals surface area contributed by atoms with Crippen molar-refractivity contribution in [2.45, 2.75) is 27.3 Å². The van der Waals surface area contributed by atoms with E-state index in [4.69, 9.17) is 10.5 Å². The van der Waals surface area contributed by atoms with Gasteiger partial charge >= 0.3 is 0 Å². The van der Waals surface area contributed by atoms with Gasteiger partial charge in [0.25, 0.3) is 0 Å². The molecule has 0 aliphatic heterocycles. The zero-order chi connectivity index (χ0) is 13.5. The highest BCUT2D eigenvalue weighted by atomic mass is 16.5. The summed E-state index contributed by atoms with van der Waals surface area (Å²) in [4.78, 5) is 6.87. The molecule has 18 heavy (non-hydrogen) atoms. The largest absolute Gasteiger partial charge is 0.383 e. The van der Waals surface area contributed by atoms with E-state index in [0.717, 1.165) is 30.2 Å². The third kappa shape index (κ3) is 4.63. The van der Waals surface area contributed by atoms with Crippen molar-refractivity contribution in [3.63, 3.8) is 0 Å². The molecule has 1 aromatic rings. The topological polar surface area (TPSA) is 51.4 Å². The van der Waals surface area contributed by atoms with Crippen LogP contribution in [0.5, 0.6) is 0 Å². The van der Waals surface area contributed by atoms with Crippen molar-refractivity contribution in [1.29, 1.82) is 0 Å². The van der Waals surface area contributed by atoms with Crippen LogP contribution in [0.25, 0.3) is 0 Å². The second kappa shape index (κ2) is 7.34. The van der Waals surface area contributed by atoms with E-state index >= 15 is 0 Å². The molecule has 4 heteroatoms. The van der Waals surface area contributed by atoms with E-state index in [-0.39, 0.29) is 0 Å². The van der Waals surface area contributed by atoms with Crippen LogP contribution in [0, 0.1) is 12.8 Å². The van der Waals surface area contributed by atoms with Gasteiger partial charge in [-0.2, -0.15) is 0 Å². The highest BCUT2D eigenvalue weighted by Crippen LogP contribution is 2.16. The Kier molecular flexibility index (Phi) is 6.09. The molecule has 4 nitrogen and oxygen atoms in total. The molecule has 0 saturated carbocycles. The Labute approximate surface area is 110 Å². The Morgan fingerprint density at radius 2 is 2.11 bits per heavy atom. The predicted molar refractivity (Wildman–Crippen MR) is 75.8 cm³/mol. The Balaban J connectivity index is 2.91. The maximum Gasteiger partial charge on any atom is 0.129 e. The lowest BCUT2D eigenvalue weighted by Gasteiger charge is -2.26. The molecule has 1 aromatic heterocycles. The Hall–Kier alpha value is -1.13. The molecule has 2 N–H and O–H groups in total. The molecule has 0 bridgehead atoms. The van der Waals surface area contributed by atoms with Gasteiger partial charge in [0.05, 0.1) is 6.61 Å². The van der Waals surface area contributed by atoms with Crippen LogP contribution in [0.15, 0.2) is 12.1 Å². The first kappa shape index (κ1) is 14.9. The fourth-order valence-electron chi connectivity index (χ4n) is 1.94. The maximum absolute atomic E-state index is 5.72. The lowest BCUT2D eigenvalue weighted by Crippen LogP contribution is -2.32. The lowest BCUT2D eigenvalue weighted by atomic mass is 10.2. The number of nitrogens with zero attached hydrogens (tertiary/aromatic N) is 2. The first-order valence-corrected chi connectivity index (χ1v) is 6.48. The molecule has 1 rings (SSSR count). The Morgan fingerprint density at radius 1 is 1.39 bits per heavy atom. The van der Waals surface area contributed by atoms with Gasteiger partial charge in [-0.3, -0.25) is 0 Å². The summed E-state index contributed by atoms with van der Waals surface area (Å²) in [6, 6.07) is 4.11. The first-order chi connectivity index (χ1) is 8.56. The van der Waals surface area contributed by atoms with Gasteiger partial charge in [-0.05, 0) is 30.5 Å². The normalized spacial score (nSPS) is 11.0. The van der Waals surface area contributed by atoms with E-state index in [1.807, 2.05) is 13.0 Å². The van der Waals surface area contributed by atoms with Crippen molar-refractivity contribution >= 4 is 5.82 Å². The van der Waals surface area contributed by atoms with E-state index in [1.165, 1.54) is 0 Å². The minimum atomic E-state index is 0.552. The maximum atomic E-state index is 5.72. The van der Waals surface area contributed by atoms with Crippen molar-refractivity contribution in [3.8, 4) is 0 Å². The van der Waals surface area contributed by atoms with E-state index in [2.05, 4.69) is 29.8 Å². The number of aryl methyl sites for hydroxylation is 1. The third-order valence-electron chi connectivity index (χ3n) is 2.71. The molecular weight excluding hydrogens is 226 g/mol. The van der Waals surface area contributed by atoms with Gasteiger partial charge in [0.1, 0.15) is 5.82 Å². The summed E-state index contributed by atoms with van der Waals surface area (Å²) in [7, 11) is 1.72. The first-order valence-electron chi connectivity index (χ1n) is 6.48. The van der Waals surface area contributed by atoms with Crippen LogP contribution in [0.3, 0.4) is 0 Å². The van der Waals surface area contributed by atoms with Gasteiger partial charge in [0, 0.05) is 32.4 Å². The second-order valence-electron chi connectivity index (χ2n) is 5.01. The van der Waals surface area contributed by atoms with E-state index in [0.29, 0.717) is 19.1 Å². The molecule has 102 valence electrons. The predicted octanol–water partition coefficient (Wildman–Crippen LogP) is 1.96. The van der Waals surface area contributed by atoms with Crippen LogP contribution in [-0.2, 0) is 11.3 Å². The summed E-state index contributed by atoms with van der Waals surface area (Å²) < 4.78 is 5.17. The van der Waals surface area contributed by atoms with Crippen LogP contribution >= 0.6 is 0 Å². The molecule has 0 unspecified atom stereocenters. The van der Waals surface area contributed by atoms with Crippen molar-refractivity contribution < 1.29 is 4.74 Å². The summed E-state index contributed by atoms with van der Waals surface area (Å²) >= 11 is 0. The van der Waals surface area contributed by atoms with Crippen molar-refractivity contribution in [1.82, 2.24) is 4.98 Å². The number of anilines is 1. The molecule has 0 amide bonds. The van der Waals surface area contributed by atoms with Crippen molar-refractivity contribution in [2.75, 3.05) is 31.7 Å². The molecule has 0 aliphatic carbocycles. The number of nitrogens with two attached hydrogens (primary N) is 1. The smallest absolute Gasteiger partial charge is 0.129 e. The molecule has 0 aliphatic rings. The molecule has 0 saturated heterocycles. The summed E-state index contributed by atoms with van der Waals surface area (Å²) in [6.07, 6.45) is 0. The monoisotopic (exact) mass is 251 g/mol. The molecule has 0 radical (unpaired) electrons. The standard InChI is InChI=1S/C14H25N3O/c1-11(2)10-17(5-6-18-4)14-8-13(9-15)7-12(3)16-14/h7-8,11H,5-6,9-10,15H2,1-4H3. The molecular formula is C14H25N3O. The third-order valence-corrected chi connectivity index (χ3v) is 2.71. The number of hydrogen-bond acceptors (Lipinski definition) is 4. The number of aromatic nitrogens is 1. The number of hydrogen-bond donors (Lipinski definition) is 1. The highest BCUT2D eigenvalue weighted by molar-refractivity contribution is 5.42. The van der Waals surface area contributed by atoms with Gasteiger partial charge in [-0.15, -0.1) is 0 Å². The number of ether oxygens (including phenoxy) is 1. The fourth-order valence-corrected chi connectivity index (χ4v) is 1.94. The number of methoxy groups -OCH3 is 1. The minimum absolute atomic E-state index is 0.552. The minimum Gasteiger partial charge on any atom is -0.383 e. The SMILES string of the molecule is COCCN(CC(C)C)c1cc(CN)cc(C)n1. The molecule has 0 atom stereocenters. The van der Waals surface area contributed by atoms with Crippen LogP contribution in [0.1, 0.15) is 25.1 Å². The van der Waals surface area contributed by atoms with Crippen LogP contribution in [0.4, 0.5) is 5.82 Å². The van der Waals surface area contributed by atoms with Crippen LogP contribution < -0.4 is 10.6 Å². The Morgan fingerprint density at radius 3 is 2.67 bits per heavy atom. The molecule has 0 spiro atoms. The van der Waals surface area contributed by atoms with Crippen LogP contribution in [0.2, 0.25) is 0 Å². The van der Waals surface area contributed by atoms with Crippen molar-refractivity contribution in [2.24, 2.45) is 11.7 Å². The zero-order valence-corrected chi connectivity index (χ0v) is 11.9. The second-order valence-corrected chi connectivity index (χ2v) is 5.01. The lowest BCUT2D eigenvalue weighted by molar-refractivity contribution is 0.204. The highest BCUT2D eigenvalue weighted by Gasteiger charge is 2.11. The average molecular weight is 251 g/mol. The van der Waals surface area contributed by atoms with Gasteiger partial charge in [0.2, 0.25) is 0 Å². The summed E-state index contributed by atoms with van der Waals surface area (Å²) in [5, 5.41) is 0. The summed E-state index contributed by atoms with van der Waals surface area (Å²) in [5.74, 6) is 1.59. The van der Waals surface area contributed by atoms with E-state index in [9.17, 15) is 0 Å². The fraction of sp³-hybridized carbons (Fsp3) is 0.643. The zero-order valence-electron chi connectivity index (χ0n) is 11.9. The Bertz CT molecular complexity index is 366.